The van der Waals surface area contributed by atoms with Gasteiger partial charge in [0.25, 0.3) is 0 Å². The molecule has 2 fully saturated rings. The van der Waals surface area contributed by atoms with Crippen LogP contribution >= 0.6 is 11.6 Å². The van der Waals surface area contributed by atoms with Crippen LogP contribution in [-0.2, 0) is 16.6 Å². The Morgan fingerprint density at radius 1 is 0.968 bits per heavy atom. The quantitative estimate of drug-likeness (QED) is 0.709. The van der Waals surface area contributed by atoms with E-state index in [0.29, 0.717) is 30.2 Å². The highest BCUT2D eigenvalue weighted by atomic mass is 35.5. The molecule has 0 aromatic heterocycles. The van der Waals surface area contributed by atoms with E-state index in [9.17, 15) is 13.2 Å². The summed E-state index contributed by atoms with van der Waals surface area (Å²) in [4.78, 5) is 15.1. The lowest BCUT2D eigenvalue weighted by molar-refractivity contribution is 0.192. The molecule has 0 spiro atoms. The molecule has 0 bridgehead atoms. The summed E-state index contributed by atoms with van der Waals surface area (Å²) in [6.45, 7) is 1.96. The Labute approximate surface area is 189 Å². The van der Waals surface area contributed by atoms with Gasteiger partial charge in [0, 0.05) is 31.2 Å². The second kappa shape index (κ2) is 9.59. The number of urea groups is 1. The number of nitrogens with zero attached hydrogens (tertiary/aromatic N) is 2. The van der Waals surface area contributed by atoms with Crippen LogP contribution in [0.25, 0.3) is 0 Å². The minimum Gasteiger partial charge on any atom is -0.334 e. The van der Waals surface area contributed by atoms with Gasteiger partial charge < -0.3 is 10.2 Å². The van der Waals surface area contributed by atoms with Crippen LogP contribution < -0.4 is 5.32 Å². The number of halogens is 1. The molecule has 2 aliphatic rings. The van der Waals surface area contributed by atoms with Gasteiger partial charge in [-0.1, -0.05) is 48.4 Å². The van der Waals surface area contributed by atoms with Gasteiger partial charge in [-0.15, -0.1) is 0 Å². The summed E-state index contributed by atoms with van der Waals surface area (Å²) in [5.41, 5.74) is 1.67. The van der Waals surface area contributed by atoms with Crippen LogP contribution in [0.15, 0.2) is 53.4 Å². The van der Waals surface area contributed by atoms with Crippen molar-refractivity contribution in [3.05, 3.63) is 64.7 Å². The van der Waals surface area contributed by atoms with Crippen LogP contribution in [0.5, 0.6) is 0 Å². The molecule has 2 saturated heterocycles. The van der Waals surface area contributed by atoms with Gasteiger partial charge in [-0.2, -0.15) is 4.31 Å². The van der Waals surface area contributed by atoms with E-state index in [1.54, 1.807) is 22.5 Å². The molecule has 2 amide bonds. The van der Waals surface area contributed by atoms with Gasteiger partial charge in [-0.05, 0) is 55.0 Å². The van der Waals surface area contributed by atoms with Gasteiger partial charge in [0.05, 0.1) is 10.9 Å². The Kier molecular flexibility index (Phi) is 6.84. The minimum absolute atomic E-state index is 0.00425. The zero-order valence-corrected chi connectivity index (χ0v) is 19.0. The highest BCUT2D eigenvalue weighted by Gasteiger charge is 2.31. The number of piperidine rings is 1. The second-order valence-corrected chi connectivity index (χ2v) is 10.5. The number of rotatable bonds is 5. The Balaban J connectivity index is 1.47. The van der Waals surface area contributed by atoms with Gasteiger partial charge in [0.15, 0.2) is 0 Å². The number of carbonyl (C=O) groups is 1. The number of hydrogen-bond donors (Lipinski definition) is 1. The maximum Gasteiger partial charge on any atom is 0.318 e. The predicted octanol–water partition coefficient (Wildman–Crippen LogP) is 4.56. The van der Waals surface area contributed by atoms with Crippen LogP contribution in [0.3, 0.4) is 0 Å². The van der Waals surface area contributed by atoms with Crippen LogP contribution in [0.4, 0.5) is 4.79 Å². The minimum atomic E-state index is -3.56. The van der Waals surface area contributed by atoms with Crippen molar-refractivity contribution in [1.82, 2.24) is 14.5 Å². The molecule has 2 aromatic rings. The fourth-order valence-electron chi connectivity index (χ4n) is 4.46. The highest BCUT2D eigenvalue weighted by molar-refractivity contribution is 7.89. The van der Waals surface area contributed by atoms with Gasteiger partial charge in [-0.3, -0.25) is 0 Å². The normalized spacial score (nSPS) is 20.0. The molecule has 2 aromatic carbocycles. The maximum atomic E-state index is 13.2. The Morgan fingerprint density at radius 3 is 2.42 bits per heavy atom. The maximum absolute atomic E-state index is 13.2. The summed E-state index contributed by atoms with van der Waals surface area (Å²) in [5, 5.41) is 3.62. The second-order valence-electron chi connectivity index (χ2n) is 8.13. The lowest BCUT2D eigenvalue weighted by Gasteiger charge is -2.27. The molecule has 31 heavy (non-hydrogen) atoms. The Hall–Kier alpha value is -2.09. The molecule has 8 heteroatoms. The molecule has 6 nitrogen and oxygen atoms in total. The number of nitrogens with one attached hydrogen (secondary N) is 1. The zero-order chi connectivity index (χ0) is 21.8. The van der Waals surface area contributed by atoms with E-state index in [1.807, 2.05) is 35.2 Å². The van der Waals surface area contributed by atoms with Crippen molar-refractivity contribution in [2.45, 2.75) is 49.6 Å². The van der Waals surface area contributed by atoms with Crippen molar-refractivity contribution >= 4 is 27.7 Å². The summed E-state index contributed by atoms with van der Waals surface area (Å²) in [7, 11) is -3.56. The fraction of sp³-hybridized carbons (Fsp3) is 0.435. The Bertz CT molecular complexity index is 1020. The van der Waals surface area contributed by atoms with E-state index in [0.717, 1.165) is 37.7 Å². The number of likely N-dealkylation sites (tertiary alicyclic amines) is 1. The van der Waals surface area contributed by atoms with E-state index in [1.165, 1.54) is 0 Å². The van der Waals surface area contributed by atoms with Crippen molar-refractivity contribution in [2.75, 3.05) is 19.6 Å². The van der Waals surface area contributed by atoms with E-state index >= 15 is 0 Å². The third kappa shape index (κ3) is 4.89. The monoisotopic (exact) mass is 461 g/mol. The number of benzene rings is 2. The summed E-state index contributed by atoms with van der Waals surface area (Å²) in [5.74, 6) is 0. The average Bonchev–Trinajstić information content (AvgIpc) is 3.29. The zero-order valence-electron chi connectivity index (χ0n) is 17.5. The summed E-state index contributed by atoms with van der Waals surface area (Å²) < 4.78 is 27.9. The fourth-order valence-corrected chi connectivity index (χ4v) is 6.32. The molecule has 0 saturated carbocycles. The molecule has 0 aliphatic carbocycles. The molecule has 2 aliphatic heterocycles. The SMILES string of the molecule is O=C(NCc1ccccc1S(=O)(=O)N1CCCCC1)N1CCCC1c1ccc(Cl)cc1. The van der Waals surface area contributed by atoms with E-state index in [-0.39, 0.29) is 23.5 Å². The first kappa shape index (κ1) is 22.1. The van der Waals surface area contributed by atoms with E-state index in [4.69, 9.17) is 11.6 Å². The van der Waals surface area contributed by atoms with Crippen molar-refractivity contribution in [1.29, 1.82) is 0 Å². The van der Waals surface area contributed by atoms with Crippen LogP contribution in [0, 0.1) is 0 Å². The molecule has 0 radical (unpaired) electrons. The molecule has 1 atom stereocenters. The average molecular weight is 462 g/mol. The standard InChI is InChI=1S/C23H28ClN3O3S/c24-20-12-10-18(11-13-20)21-8-6-16-27(21)23(28)25-17-19-7-2-3-9-22(19)31(29,30)26-14-4-1-5-15-26/h2-3,7,9-13,21H,1,4-6,8,14-17H2,(H,25,28). The number of amides is 2. The molecular formula is C23H28ClN3O3S. The first-order valence-corrected chi connectivity index (χ1v) is 12.7. The molecule has 166 valence electrons. The number of carbonyl (C=O) groups excluding carboxylic acids is 1. The predicted molar refractivity (Wildman–Crippen MR) is 121 cm³/mol. The van der Waals surface area contributed by atoms with Crippen molar-refractivity contribution in [3.8, 4) is 0 Å². The van der Waals surface area contributed by atoms with Crippen LogP contribution in [-0.4, -0.2) is 43.3 Å². The largest absolute Gasteiger partial charge is 0.334 e. The van der Waals surface area contributed by atoms with Gasteiger partial charge in [0.1, 0.15) is 0 Å². The van der Waals surface area contributed by atoms with Crippen molar-refractivity contribution < 1.29 is 13.2 Å². The molecule has 1 unspecified atom stereocenters. The summed E-state index contributed by atoms with van der Waals surface area (Å²) in [6, 6.07) is 14.4. The number of hydrogen-bond acceptors (Lipinski definition) is 3. The smallest absolute Gasteiger partial charge is 0.318 e. The van der Waals surface area contributed by atoms with Crippen LogP contribution in [0.2, 0.25) is 5.02 Å². The van der Waals surface area contributed by atoms with Gasteiger partial charge in [-0.25, -0.2) is 13.2 Å². The van der Waals surface area contributed by atoms with Crippen LogP contribution in [0.1, 0.15) is 49.3 Å². The topological polar surface area (TPSA) is 69.7 Å². The lowest BCUT2D eigenvalue weighted by Crippen LogP contribution is -2.40. The highest BCUT2D eigenvalue weighted by Crippen LogP contribution is 2.32. The van der Waals surface area contributed by atoms with Crippen molar-refractivity contribution in [3.63, 3.8) is 0 Å². The first-order valence-electron chi connectivity index (χ1n) is 10.8. The van der Waals surface area contributed by atoms with Crippen molar-refractivity contribution in [2.24, 2.45) is 0 Å². The van der Waals surface area contributed by atoms with Gasteiger partial charge >= 0.3 is 6.03 Å². The Morgan fingerprint density at radius 2 is 1.68 bits per heavy atom. The summed E-state index contributed by atoms with van der Waals surface area (Å²) >= 11 is 6.00. The number of sulfonamides is 1. The van der Waals surface area contributed by atoms with E-state index < -0.39 is 10.0 Å². The van der Waals surface area contributed by atoms with E-state index in [2.05, 4.69) is 5.32 Å². The van der Waals surface area contributed by atoms with Gasteiger partial charge in [0.2, 0.25) is 10.0 Å². The summed E-state index contributed by atoms with van der Waals surface area (Å²) in [6.07, 6.45) is 4.67. The molecule has 4 rings (SSSR count). The molecule has 1 N–H and O–H groups in total. The third-order valence-electron chi connectivity index (χ3n) is 6.10. The lowest BCUT2D eigenvalue weighted by atomic mass is 10.1. The molecule has 2 heterocycles. The third-order valence-corrected chi connectivity index (χ3v) is 8.36. The molecular weight excluding hydrogens is 434 g/mol. The first-order chi connectivity index (χ1) is 15.0.